The summed E-state index contributed by atoms with van der Waals surface area (Å²) in [6.45, 7) is 0. The molecule has 4 heteroatoms. The Hall–Kier alpha value is -1.16. The highest BCUT2D eigenvalue weighted by molar-refractivity contribution is 7.99. The van der Waals surface area contributed by atoms with Crippen molar-refractivity contribution in [1.82, 2.24) is 0 Å². The molecule has 2 aromatic carbocycles. The Labute approximate surface area is 122 Å². The van der Waals surface area contributed by atoms with Crippen molar-refractivity contribution in [2.45, 2.75) is 10.8 Å². The zero-order valence-corrected chi connectivity index (χ0v) is 12.2. The van der Waals surface area contributed by atoms with E-state index in [4.69, 9.17) is 21.1 Å². The van der Waals surface area contributed by atoms with Crippen molar-refractivity contribution in [3.05, 3.63) is 54.1 Å². The molecule has 0 saturated carbocycles. The molecule has 2 aromatic rings. The lowest BCUT2D eigenvalue weighted by Gasteiger charge is -2.07. The molecule has 0 amide bonds. The van der Waals surface area contributed by atoms with Crippen LogP contribution >= 0.6 is 23.4 Å². The van der Waals surface area contributed by atoms with Gasteiger partial charge in [0, 0.05) is 17.9 Å². The predicted molar refractivity (Wildman–Crippen MR) is 80.2 cm³/mol. The van der Waals surface area contributed by atoms with Crippen LogP contribution < -0.4 is 4.74 Å². The first-order valence-corrected chi connectivity index (χ1v) is 7.38. The highest BCUT2D eigenvalue weighted by atomic mass is 35.5. The number of hydrogen-bond acceptors (Lipinski definition) is 3. The van der Waals surface area contributed by atoms with Gasteiger partial charge in [0.05, 0.1) is 5.94 Å². The molecule has 0 bridgehead atoms. The third-order valence-electron chi connectivity index (χ3n) is 2.48. The number of hydrogen-bond donors (Lipinski definition) is 0. The number of ether oxygens (including phenoxy) is 2. The number of thioether (sulfide) groups is 1. The fraction of sp³-hybridized carbons (Fsp3) is 0.200. The molecule has 0 aromatic heterocycles. The molecule has 2 rings (SSSR count). The van der Waals surface area contributed by atoms with Crippen molar-refractivity contribution in [3.63, 3.8) is 0 Å². The number of methoxy groups -OCH3 is 1. The van der Waals surface area contributed by atoms with E-state index >= 15 is 0 Å². The van der Waals surface area contributed by atoms with Crippen LogP contribution in [0.25, 0.3) is 0 Å². The molecular formula is C15H15ClO2S. The van der Waals surface area contributed by atoms with Crippen LogP contribution in [0.15, 0.2) is 53.4 Å². The van der Waals surface area contributed by atoms with E-state index in [1.165, 1.54) is 0 Å². The Kier molecular flexibility index (Phi) is 5.58. The number of rotatable bonds is 6. The summed E-state index contributed by atoms with van der Waals surface area (Å²) in [6.07, 6.45) is 0. The van der Waals surface area contributed by atoms with Gasteiger partial charge in [-0.05, 0) is 42.0 Å². The van der Waals surface area contributed by atoms with Gasteiger partial charge in [-0.2, -0.15) is 0 Å². The van der Waals surface area contributed by atoms with Crippen LogP contribution in [0.1, 0.15) is 5.56 Å². The zero-order valence-electron chi connectivity index (χ0n) is 10.6. The second kappa shape index (κ2) is 7.43. The van der Waals surface area contributed by atoms with Gasteiger partial charge in [0.15, 0.2) is 0 Å². The number of alkyl halides is 1. The van der Waals surface area contributed by atoms with Gasteiger partial charge in [0.25, 0.3) is 0 Å². The quantitative estimate of drug-likeness (QED) is 0.428. The van der Waals surface area contributed by atoms with Crippen LogP contribution in [-0.4, -0.2) is 13.0 Å². The van der Waals surface area contributed by atoms with Gasteiger partial charge in [0.1, 0.15) is 11.5 Å². The monoisotopic (exact) mass is 294 g/mol. The summed E-state index contributed by atoms with van der Waals surface area (Å²) in [7, 11) is 1.69. The molecule has 0 aliphatic rings. The first-order valence-electron chi connectivity index (χ1n) is 5.86. The molecule has 0 unspecified atom stereocenters. The standard InChI is InChI=1S/C15H15ClO2S/c1-17-11-19-15-8-6-14(7-9-15)18-13-4-2-12(10-16)3-5-13/h2-9H,10-11H2,1H3. The average Bonchev–Trinajstić information content (AvgIpc) is 2.47. The molecular weight excluding hydrogens is 280 g/mol. The minimum atomic E-state index is 0.520. The molecule has 100 valence electrons. The van der Waals surface area contributed by atoms with E-state index in [9.17, 15) is 0 Å². The van der Waals surface area contributed by atoms with Gasteiger partial charge >= 0.3 is 0 Å². The second-order valence-electron chi connectivity index (χ2n) is 3.90. The molecule has 0 aliphatic heterocycles. The van der Waals surface area contributed by atoms with Gasteiger partial charge in [-0.1, -0.05) is 23.9 Å². The van der Waals surface area contributed by atoms with Crippen molar-refractivity contribution in [3.8, 4) is 11.5 Å². The summed E-state index contributed by atoms with van der Waals surface area (Å²) >= 11 is 7.39. The Balaban J connectivity index is 1.98. The van der Waals surface area contributed by atoms with Crippen LogP contribution in [0.4, 0.5) is 0 Å². The summed E-state index contributed by atoms with van der Waals surface area (Å²) < 4.78 is 10.8. The topological polar surface area (TPSA) is 18.5 Å². The van der Waals surface area contributed by atoms with E-state index in [1.807, 2.05) is 48.5 Å². The molecule has 0 aliphatic carbocycles. The van der Waals surface area contributed by atoms with E-state index in [1.54, 1.807) is 18.9 Å². The van der Waals surface area contributed by atoms with Crippen LogP contribution in [0.5, 0.6) is 11.5 Å². The van der Waals surface area contributed by atoms with E-state index in [0.29, 0.717) is 11.8 Å². The van der Waals surface area contributed by atoms with Crippen molar-refractivity contribution >= 4 is 23.4 Å². The zero-order chi connectivity index (χ0) is 13.5. The SMILES string of the molecule is COCSc1ccc(Oc2ccc(CCl)cc2)cc1. The fourth-order valence-electron chi connectivity index (χ4n) is 1.51. The summed E-state index contributed by atoms with van der Waals surface area (Å²) in [5, 5.41) is 0. The maximum absolute atomic E-state index is 5.75. The Morgan fingerprint density at radius 1 is 0.947 bits per heavy atom. The highest BCUT2D eigenvalue weighted by Gasteiger charge is 1.99. The van der Waals surface area contributed by atoms with Crippen LogP contribution in [0.3, 0.4) is 0 Å². The van der Waals surface area contributed by atoms with Crippen LogP contribution in [0.2, 0.25) is 0 Å². The minimum Gasteiger partial charge on any atom is -0.457 e. The van der Waals surface area contributed by atoms with Gasteiger partial charge in [0.2, 0.25) is 0 Å². The largest absolute Gasteiger partial charge is 0.457 e. The van der Waals surface area contributed by atoms with Gasteiger partial charge in [-0.15, -0.1) is 11.6 Å². The fourth-order valence-corrected chi connectivity index (χ4v) is 2.27. The van der Waals surface area contributed by atoms with Crippen molar-refractivity contribution in [2.24, 2.45) is 0 Å². The van der Waals surface area contributed by atoms with E-state index in [0.717, 1.165) is 22.0 Å². The lowest BCUT2D eigenvalue weighted by molar-refractivity contribution is 0.259. The molecule has 2 nitrogen and oxygen atoms in total. The van der Waals surface area contributed by atoms with Gasteiger partial charge in [-0.3, -0.25) is 0 Å². The van der Waals surface area contributed by atoms with E-state index in [-0.39, 0.29) is 0 Å². The van der Waals surface area contributed by atoms with Crippen LogP contribution in [0, 0.1) is 0 Å². The smallest absolute Gasteiger partial charge is 0.127 e. The predicted octanol–water partition coefficient (Wildman–Crippen LogP) is 4.91. The third-order valence-corrected chi connectivity index (χ3v) is 3.75. The molecule has 0 atom stereocenters. The lowest BCUT2D eigenvalue weighted by Crippen LogP contribution is -1.86. The molecule has 0 fully saturated rings. The highest BCUT2D eigenvalue weighted by Crippen LogP contribution is 2.25. The number of halogens is 1. The molecule has 0 heterocycles. The summed E-state index contributed by atoms with van der Waals surface area (Å²) in [4.78, 5) is 1.16. The number of benzene rings is 2. The van der Waals surface area contributed by atoms with Gasteiger partial charge < -0.3 is 9.47 Å². The second-order valence-corrected chi connectivity index (χ2v) is 5.16. The summed E-state index contributed by atoms with van der Waals surface area (Å²) in [5.74, 6) is 2.80. The maximum Gasteiger partial charge on any atom is 0.127 e. The Morgan fingerprint density at radius 3 is 2.05 bits per heavy atom. The Bertz CT molecular complexity index is 497. The molecule has 0 N–H and O–H groups in total. The Morgan fingerprint density at radius 2 is 1.53 bits per heavy atom. The van der Waals surface area contributed by atoms with Crippen LogP contribution in [-0.2, 0) is 10.6 Å². The first-order chi connectivity index (χ1) is 9.31. The van der Waals surface area contributed by atoms with Gasteiger partial charge in [-0.25, -0.2) is 0 Å². The normalized spacial score (nSPS) is 10.4. The summed E-state index contributed by atoms with van der Waals surface area (Å²) in [5.41, 5.74) is 1.08. The molecule has 0 saturated heterocycles. The van der Waals surface area contributed by atoms with Crippen molar-refractivity contribution < 1.29 is 9.47 Å². The molecule has 0 radical (unpaired) electrons. The minimum absolute atomic E-state index is 0.520. The lowest BCUT2D eigenvalue weighted by atomic mass is 10.2. The van der Waals surface area contributed by atoms with E-state index in [2.05, 4.69) is 0 Å². The van der Waals surface area contributed by atoms with E-state index < -0.39 is 0 Å². The first kappa shape index (κ1) is 14.3. The summed E-state index contributed by atoms with van der Waals surface area (Å²) in [6, 6.07) is 15.7. The molecule has 19 heavy (non-hydrogen) atoms. The van der Waals surface area contributed by atoms with Crippen molar-refractivity contribution in [2.75, 3.05) is 13.0 Å². The third kappa shape index (κ3) is 4.46. The maximum atomic E-state index is 5.75. The molecule has 0 spiro atoms. The average molecular weight is 295 g/mol. The van der Waals surface area contributed by atoms with Crippen molar-refractivity contribution in [1.29, 1.82) is 0 Å².